The maximum absolute atomic E-state index is 12.8. The van der Waals surface area contributed by atoms with Gasteiger partial charge in [0, 0.05) is 18.4 Å². The van der Waals surface area contributed by atoms with Crippen LogP contribution in [0.3, 0.4) is 0 Å². The Balaban J connectivity index is 1.80. The monoisotopic (exact) mass is 369 g/mol. The highest BCUT2D eigenvalue weighted by molar-refractivity contribution is 7.99. The van der Waals surface area contributed by atoms with Gasteiger partial charge in [0.05, 0.1) is 14.2 Å². The molecule has 1 saturated heterocycles. The Kier molecular flexibility index (Phi) is 5.89. The van der Waals surface area contributed by atoms with E-state index in [-0.39, 0.29) is 11.3 Å². The van der Waals surface area contributed by atoms with Crippen molar-refractivity contribution >= 4 is 23.7 Å². The predicted molar refractivity (Wildman–Crippen MR) is 107 cm³/mol. The number of aryl methyl sites for hydroxylation is 1. The number of nitrogens with zero attached hydrogens (tertiary/aromatic N) is 1. The Hall–Kier alpha value is -2.40. The zero-order valence-corrected chi connectivity index (χ0v) is 16.1. The number of rotatable bonds is 5. The Bertz CT molecular complexity index is 819. The zero-order chi connectivity index (χ0) is 18.5. The van der Waals surface area contributed by atoms with Gasteiger partial charge in [-0.15, -0.1) is 11.8 Å². The number of ether oxygens (including phenoxy) is 2. The van der Waals surface area contributed by atoms with Crippen molar-refractivity contribution in [1.82, 2.24) is 4.90 Å². The molecule has 1 unspecified atom stereocenters. The molecule has 2 aromatic carbocycles. The van der Waals surface area contributed by atoms with E-state index in [1.54, 1.807) is 32.1 Å². The summed E-state index contributed by atoms with van der Waals surface area (Å²) >= 11 is 1.76. The summed E-state index contributed by atoms with van der Waals surface area (Å²) in [7, 11) is 3.24. The van der Waals surface area contributed by atoms with E-state index in [1.165, 1.54) is 0 Å². The van der Waals surface area contributed by atoms with Crippen LogP contribution in [0.4, 0.5) is 0 Å². The van der Waals surface area contributed by atoms with Crippen LogP contribution in [0.5, 0.6) is 11.5 Å². The molecule has 136 valence electrons. The molecule has 4 nitrogen and oxygen atoms in total. The fraction of sp³-hybridized carbons (Fsp3) is 0.286. The van der Waals surface area contributed by atoms with E-state index in [2.05, 4.69) is 0 Å². The molecule has 1 aliphatic heterocycles. The molecule has 5 heteroatoms. The van der Waals surface area contributed by atoms with Gasteiger partial charge in [-0.2, -0.15) is 0 Å². The Morgan fingerprint density at radius 1 is 1.15 bits per heavy atom. The van der Waals surface area contributed by atoms with Crippen molar-refractivity contribution in [1.29, 1.82) is 0 Å². The summed E-state index contributed by atoms with van der Waals surface area (Å²) in [4.78, 5) is 14.7. The largest absolute Gasteiger partial charge is 0.493 e. The van der Waals surface area contributed by atoms with Gasteiger partial charge in [0.15, 0.2) is 11.5 Å². The molecule has 1 aliphatic rings. The highest BCUT2D eigenvalue weighted by atomic mass is 32.2. The molecule has 0 bridgehead atoms. The number of methoxy groups -OCH3 is 2. The molecular weight excluding hydrogens is 346 g/mol. The number of carbonyl (C=O) groups excluding carboxylic acids is 1. The normalized spacial score (nSPS) is 16.9. The van der Waals surface area contributed by atoms with Crippen LogP contribution in [0.2, 0.25) is 0 Å². The summed E-state index contributed by atoms with van der Waals surface area (Å²) in [6, 6.07) is 13.9. The highest BCUT2D eigenvalue weighted by Gasteiger charge is 2.30. The highest BCUT2D eigenvalue weighted by Crippen LogP contribution is 2.41. The van der Waals surface area contributed by atoms with Crippen LogP contribution < -0.4 is 9.47 Å². The summed E-state index contributed by atoms with van der Waals surface area (Å²) in [5, 5.41) is -0.0103. The molecule has 1 fully saturated rings. The first-order valence-electron chi connectivity index (χ1n) is 8.52. The Morgan fingerprint density at radius 2 is 1.92 bits per heavy atom. The van der Waals surface area contributed by atoms with Crippen LogP contribution in [0.25, 0.3) is 6.08 Å². The first-order chi connectivity index (χ1) is 12.6. The van der Waals surface area contributed by atoms with Gasteiger partial charge in [0.1, 0.15) is 5.37 Å². The van der Waals surface area contributed by atoms with E-state index in [0.29, 0.717) is 11.5 Å². The molecule has 0 aliphatic carbocycles. The Morgan fingerprint density at radius 3 is 2.65 bits per heavy atom. The van der Waals surface area contributed by atoms with Gasteiger partial charge in [-0.3, -0.25) is 4.79 Å². The van der Waals surface area contributed by atoms with Crippen molar-refractivity contribution in [2.24, 2.45) is 0 Å². The van der Waals surface area contributed by atoms with Crippen LogP contribution >= 0.6 is 11.8 Å². The van der Waals surface area contributed by atoms with Crippen molar-refractivity contribution in [3.8, 4) is 11.5 Å². The minimum absolute atomic E-state index is 0.0103. The zero-order valence-electron chi connectivity index (χ0n) is 15.3. The third kappa shape index (κ3) is 3.88. The Labute approximate surface area is 158 Å². The van der Waals surface area contributed by atoms with Crippen molar-refractivity contribution in [3.05, 3.63) is 65.2 Å². The van der Waals surface area contributed by atoms with Crippen molar-refractivity contribution < 1.29 is 14.3 Å². The topological polar surface area (TPSA) is 38.8 Å². The molecular formula is C21H23NO3S. The molecule has 2 aromatic rings. The second-order valence-electron chi connectivity index (χ2n) is 6.06. The van der Waals surface area contributed by atoms with Crippen LogP contribution in [0.1, 0.15) is 22.1 Å². The minimum Gasteiger partial charge on any atom is -0.493 e. The van der Waals surface area contributed by atoms with E-state index < -0.39 is 0 Å². The van der Waals surface area contributed by atoms with E-state index in [0.717, 1.165) is 29.0 Å². The fourth-order valence-corrected chi connectivity index (χ4v) is 4.26. The molecule has 1 heterocycles. The number of benzene rings is 2. The second kappa shape index (κ2) is 8.32. The molecule has 0 N–H and O–H groups in total. The number of amides is 1. The first-order valence-corrected chi connectivity index (χ1v) is 9.56. The summed E-state index contributed by atoms with van der Waals surface area (Å²) in [5.74, 6) is 2.32. The van der Waals surface area contributed by atoms with Crippen LogP contribution in [-0.2, 0) is 4.79 Å². The van der Waals surface area contributed by atoms with Gasteiger partial charge in [-0.1, -0.05) is 30.3 Å². The summed E-state index contributed by atoms with van der Waals surface area (Å²) in [6.45, 7) is 2.78. The summed E-state index contributed by atoms with van der Waals surface area (Å²) < 4.78 is 10.7. The molecule has 0 radical (unpaired) electrons. The van der Waals surface area contributed by atoms with Gasteiger partial charge in [0.2, 0.25) is 5.91 Å². The van der Waals surface area contributed by atoms with E-state index >= 15 is 0 Å². The van der Waals surface area contributed by atoms with Gasteiger partial charge in [-0.05, 0) is 41.8 Å². The van der Waals surface area contributed by atoms with Crippen LogP contribution in [-0.4, -0.2) is 37.3 Å². The maximum atomic E-state index is 12.8. The minimum atomic E-state index is -0.0103. The fourth-order valence-electron chi connectivity index (χ4n) is 3.01. The van der Waals surface area contributed by atoms with Gasteiger partial charge in [0.25, 0.3) is 0 Å². The third-order valence-corrected chi connectivity index (χ3v) is 5.72. The lowest BCUT2D eigenvalue weighted by atomic mass is 10.1. The average Bonchev–Trinajstić information content (AvgIpc) is 3.16. The molecule has 26 heavy (non-hydrogen) atoms. The molecule has 0 spiro atoms. The third-order valence-electron chi connectivity index (χ3n) is 4.46. The SMILES string of the molecule is COc1ccc(C2SCCN2C(=O)/C=C/c2ccccc2C)cc1OC. The number of thioether (sulfide) groups is 1. The molecule has 0 aromatic heterocycles. The number of hydrogen-bond donors (Lipinski definition) is 0. The van der Waals surface area contributed by atoms with E-state index in [1.807, 2.05) is 60.4 Å². The molecule has 0 saturated carbocycles. The van der Waals surface area contributed by atoms with E-state index in [4.69, 9.17) is 9.47 Å². The van der Waals surface area contributed by atoms with Crippen LogP contribution in [0.15, 0.2) is 48.5 Å². The number of hydrogen-bond acceptors (Lipinski definition) is 4. The smallest absolute Gasteiger partial charge is 0.247 e. The first kappa shape index (κ1) is 18.4. The molecule has 1 atom stereocenters. The maximum Gasteiger partial charge on any atom is 0.247 e. The van der Waals surface area contributed by atoms with Gasteiger partial charge < -0.3 is 14.4 Å². The van der Waals surface area contributed by atoms with Gasteiger partial charge >= 0.3 is 0 Å². The van der Waals surface area contributed by atoms with Gasteiger partial charge in [-0.25, -0.2) is 0 Å². The quantitative estimate of drug-likeness (QED) is 0.737. The number of carbonyl (C=O) groups is 1. The van der Waals surface area contributed by atoms with Crippen LogP contribution in [0, 0.1) is 6.92 Å². The molecule has 3 rings (SSSR count). The standard InChI is InChI=1S/C21H23NO3S/c1-15-6-4-5-7-16(15)9-11-20(23)22-12-13-26-21(22)17-8-10-18(24-2)19(14-17)25-3/h4-11,14,21H,12-13H2,1-3H3/b11-9+. The molecule has 1 amide bonds. The summed E-state index contributed by atoms with van der Waals surface area (Å²) in [5.41, 5.74) is 3.27. The predicted octanol–water partition coefficient (Wildman–Crippen LogP) is 4.30. The van der Waals surface area contributed by atoms with Crippen molar-refractivity contribution in [2.45, 2.75) is 12.3 Å². The lowest BCUT2D eigenvalue weighted by Gasteiger charge is -2.23. The van der Waals surface area contributed by atoms with Crippen molar-refractivity contribution in [3.63, 3.8) is 0 Å². The van der Waals surface area contributed by atoms with Crippen molar-refractivity contribution in [2.75, 3.05) is 26.5 Å². The van der Waals surface area contributed by atoms with E-state index in [9.17, 15) is 4.79 Å². The summed E-state index contributed by atoms with van der Waals surface area (Å²) in [6.07, 6.45) is 3.56. The second-order valence-corrected chi connectivity index (χ2v) is 7.25. The lowest BCUT2D eigenvalue weighted by Crippen LogP contribution is -2.28. The average molecular weight is 369 g/mol. The lowest BCUT2D eigenvalue weighted by molar-refractivity contribution is -0.126.